The van der Waals surface area contributed by atoms with Crippen molar-refractivity contribution in [1.29, 1.82) is 0 Å². The van der Waals surface area contributed by atoms with E-state index in [0.717, 1.165) is 18.5 Å². The maximum absolute atomic E-state index is 6.26. The molecule has 1 aromatic carbocycles. The molecule has 0 radical (unpaired) electrons. The number of benzene rings is 1. The van der Waals surface area contributed by atoms with E-state index in [4.69, 9.17) is 5.73 Å². The fraction of sp³-hybridized carbons (Fsp3) is 0.429. The zero-order valence-electron chi connectivity index (χ0n) is 9.80. The Morgan fingerprint density at radius 3 is 2.60 bits per heavy atom. The minimum absolute atomic E-state index is 0.215. The maximum atomic E-state index is 6.26. The van der Waals surface area contributed by atoms with Gasteiger partial charge in [-0.05, 0) is 29.4 Å². The molecule has 0 aliphatic heterocycles. The Kier molecular flexibility index (Phi) is 2.34. The molecule has 2 N–H and O–H groups in total. The first-order chi connectivity index (χ1) is 7.06. The molecule has 1 aliphatic carbocycles. The highest BCUT2D eigenvalue weighted by Gasteiger charge is 2.30. The molecule has 1 aliphatic rings. The highest BCUT2D eigenvalue weighted by atomic mass is 14.6. The van der Waals surface area contributed by atoms with Crippen molar-refractivity contribution in [3.8, 4) is 0 Å². The molecule has 0 spiro atoms. The van der Waals surface area contributed by atoms with Crippen LogP contribution in [0.15, 0.2) is 29.8 Å². The molecule has 0 fully saturated rings. The summed E-state index contributed by atoms with van der Waals surface area (Å²) in [6.45, 7) is 6.77. The molecule has 2 rings (SSSR count). The summed E-state index contributed by atoms with van der Waals surface area (Å²) in [5.41, 5.74) is 11.5. The number of hydrogen-bond donors (Lipinski definition) is 1. The second-order valence-corrected chi connectivity index (χ2v) is 4.96. The van der Waals surface area contributed by atoms with Gasteiger partial charge in [-0.15, -0.1) is 0 Å². The van der Waals surface area contributed by atoms with Gasteiger partial charge in [0.1, 0.15) is 0 Å². The van der Waals surface area contributed by atoms with Crippen molar-refractivity contribution in [2.24, 2.45) is 11.1 Å². The number of fused-ring (bicyclic) bond motifs is 1. The lowest BCUT2D eigenvalue weighted by molar-refractivity contribution is 0.425. The van der Waals surface area contributed by atoms with E-state index in [-0.39, 0.29) is 5.41 Å². The van der Waals surface area contributed by atoms with Crippen LogP contribution >= 0.6 is 0 Å². The van der Waals surface area contributed by atoms with Crippen LogP contribution in [0.3, 0.4) is 0 Å². The van der Waals surface area contributed by atoms with Crippen LogP contribution in [0.5, 0.6) is 0 Å². The van der Waals surface area contributed by atoms with E-state index >= 15 is 0 Å². The maximum Gasteiger partial charge on any atom is 0.0387 e. The summed E-state index contributed by atoms with van der Waals surface area (Å²) in [5, 5.41) is 0. The lowest BCUT2D eigenvalue weighted by Gasteiger charge is -2.35. The Morgan fingerprint density at radius 2 is 1.93 bits per heavy atom. The highest BCUT2D eigenvalue weighted by Crippen LogP contribution is 2.41. The normalized spacial score (nSPS) is 18.9. The smallest absolute Gasteiger partial charge is 0.0387 e. The van der Waals surface area contributed by atoms with E-state index in [9.17, 15) is 0 Å². The fourth-order valence-electron chi connectivity index (χ4n) is 2.72. The van der Waals surface area contributed by atoms with Crippen LogP contribution in [-0.4, -0.2) is 0 Å². The summed E-state index contributed by atoms with van der Waals surface area (Å²) in [5.74, 6) is 0. The van der Waals surface area contributed by atoms with Gasteiger partial charge in [-0.3, -0.25) is 0 Å². The van der Waals surface area contributed by atoms with Gasteiger partial charge in [0.25, 0.3) is 0 Å². The van der Waals surface area contributed by atoms with Crippen LogP contribution in [0.1, 0.15) is 38.3 Å². The van der Waals surface area contributed by atoms with Crippen LogP contribution in [-0.2, 0) is 6.42 Å². The molecule has 1 aromatic rings. The molecule has 0 aromatic heterocycles. The summed E-state index contributed by atoms with van der Waals surface area (Å²) < 4.78 is 0. The number of hydrogen-bond acceptors (Lipinski definition) is 1. The lowest BCUT2D eigenvalue weighted by atomic mass is 9.71. The number of nitrogens with two attached hydrogens (primary N) is 1. The highest BCUT2D eigenvalue weighted by molar-refractivity contribution is 5.72. The first-order valence-electron chi connectivity index (χ1n) is 5.63. The predicted octanol–water partition coefficient (Wildman–Crippen LogP) is 3.35. The Labute approximate surface area is 92.0 Å². The second-order valence-electron chi connectivity index (χ2n) is 4.96. The van der Waals surface area contributed by atoms with E-state index < -0.39 is 0 Å². The van der Waals surface area contributed by atoms with Crippen LogP contribution in [0.2, 0.25) is 0 Å². The SMILES string of the molecule is CCC1=C(N)c2ccccc2CC1(C)C. The minimum Gasteiger partial charge on any atom is -0.398 e. The van der Waals surface area contributed by atoms with Crippen molar-refractivity contribution in [3.63, 3.8) is 0 Å². The average Bonchev–Trinajstić information content (AvgIpc) is 2.17. The van der Waals surface area contributed by atoms with Gasteiger partial charge >= 0.3 is 0 Å². The molecule has 1 heteroatoms. The van der Waals surface area contributed by atoms with E-state index in [1.165, 1.54) is 16.7 Å². The zero-order valence-corrected chi connectivity index (χ0v) is 9.80. The summed E-state index contributed by atoms with van der Waals surface area (Å²) in [6.07, 6.45) is 2.15. The van der Waals surface area contributed by atoms with Gasteiger partial charge in [0.05, 0.1) is 0 Å². The molecule has 15 heavy (non-hydrogen) atoms. The third kappa shape index (κ3) is 1.56. The van der Waals surface area contributed by atoms with Gasteiger partial charge in [-0.1, -0.05) is 45.0 Å². The lowest BCUT2D eigenvalue weighted by Crippen LogP contribution is -2.26. The predicted molar refractivity (Wildman–Crippen MR) is 65.3 cm³/mol. The molecule has 80 valence electrons. The van der Waals surface area contributed by atoms with Crippen molar-refractivity contribution in [2.75, 3.05) is 0 Å². The molecular formula is C14H19N. The Hall–Kier alpha value is -1.24. The van der Waals surface area contributed by atoms with Gasteiger partial charge < -0.3 is 5.73 Å². The molecule has 0 atom stereocenters. The van der Waals surface area contributed by atoms with Crippen LogP contribution < -0.4 is 5.73 Å². The van der Waals surface area contributed by atoms with Gasteiger partial charge in [0.15, 0.2) is 0 Å². The van der Waals surface area contributed by atoms with Gasteiger partial charge in [-0.2, -0.15) is 0 Å². The molecule has 0 saturated carbocycles. The second kappa shape index (κ2) is 3.41. The largest absolute Gasteiger partial charge is 0.398 e. The van der Waals surface area contributed by atoms with Crippen molar-refractivity contribution in [2.45, 2.75) is 33.6 Å². The summed E-state index contributed by atoms with van der Waals surface area (Å²) in [7, 11) is 0. The zero-order chi connectivity index (χ0) is 11.1. The molecule has 0 saturated heterocycles. The van der Waals surface area contributed by atoms with Crippen LogP contribution in [0, 0.1) is 5.41 Å². The number of rotatable bonds is 1. The summed E-state index contributed by atoms with van der Waals surface area (Å²) in [6, 6.07) is 8.49. The van der Waals surface area contributed by atoms with Gasteiger partial charge in [0.2, 0.25) is 0 Å². The summed E-state index contributed by atoms with van der Waals surface area (Å²) >= 11 is 0. The number of allylic oxidation sites excluding steroid dienone is 1. The van der Waals surface area contributed by atoms with E-state index in [2.05, 4.69) is 45.0 Å². The molecule has 0 bridgehead atoms. The third-order valence-corrected chi connectivity index (χ3v) is 3.44. The van der Waals surface area contributed by atoms with Crippen molar-refractivity contribution in [3.05, 3.63) is 41.0 Å². The molecule has 0 amide bonds. The molecule has 0 unspecified atom stereocenters. The van der Waals surface area contributed by atoms with Gasteiger partial charge in [0, 0.05) is 11.3 Å². The summed E-state index contributed by atoms with van der Waals surface area (Å²) in [4.78, 5) is 0. The van der Waals surface area contributed by atoms with Crippen molar-refractivity contribution in [1.82, 2.24) is 0 Å². The standard InChI is InChI=1S/C14H19N/c1-4-12-13(15)11-8-6-5-7-10(11)9-14(12,2)3/h5-8H,4,9,15H2,1-3H3. The molecule has 0 heterocycles. The van der Waals surface area contributed by atoms with Crippen LogP contribution in [0.25, 0.3) is 5.70 Å². The van der Waals surface area contributed by atoms with Gasteiger partial charge in [-0.25, -0.2) is 0 Å². The minimum atomic E-state index is 0.215. The quantitative estimate of drug-likeness (QED) is 0.741. The first kappa shape index (κ1) is 10.3. The Bertz CT molecular complexity index is 413. The Morgan fingerprint density at radius 1 is 1.27 bits per heavy atom. The van der Waals surface area contributed by atoms with E-state index in [1.54, 1.807) is 0 Å². The monoisotopic (exact) mass is 201 g/mol. The van der Waals surface area contributed by atoms with Crippen molar-refractivity contribution >= 4 is 5.70 Å². The fourth-order valence-corrected chi connectivity index (χ4v) is 2.72. The molecule has 1 nitrogen and oxygen atoms in total. The first-order valence-corrected chi connectivity index (χ1v) is 5.63. The third-order valence-electron chi connectivity index (χ3n) is 3.44. The molecular weight excluding hydrogens is 182 g/mol. The van der Waals surface area contributed by atoms with E-state index in [0.29, 0.717) is 0 Å². The van der Waals surface area contributed by atoms with Crippen LogP contribution in [0.4, 0.5) is 0 Å². The van der Waals surface area contributed by atoms with Crippen molar-refractivity contribution < 1.29 is 0 Å². The van der Waals surface area contributed by atoms with E-state index in [1.807, 2.05) is 0 Å². The Balaban J connectivity index is 2.63. The topological polar surface area (TPSA) is 26.0 Å². The average molecular weight is 201 g/mol.